The fourth-order valence-corrected chi connectivity index (χ4v) is 2.79. The lowest BCUT2D eigenvalue weighted by Crippen LogP contribution is -2.41. The summed E-state index contributed by atoms with van der Waals surface area (Å²) in [7, 11) is 1.76. The van der Waals surface area contributed by atoms with Crippen LogP contribution in [0.15, 0.2) is 36.4 Å². The molecule has 1 aliphatic carbocycles. The van der Waals surface area contributed by atoms with Crippen LogP contribution in [0.3, 0.4) is 0 Å². The number of rotatable bonds is 4. The first-order valence-electron chi connectivity index (χ1n) is 7.21. The van der Waals surface area contributed by atoms with Gasteiger partial charge in [-0.15, -0.1) is 0 Å². The van der Waals surface area contributed by atoms with Crippen LogP contribution in [0.1, 0.15) is 38.2 Å². The van der Waals surface area contributed by atoms with Crippen molar-refractivity contribution in [2.24, 2.45) is 0 Å². The third kappa shape index (κ3) is 3.70. The van der Waals surface area contributed by atoms with E-state index in [1.54, 1.807) is 18.0 Å². The minimum atomic E-state index is -0.682. The number of aliphatic hydroxyl groups is 1. The molecule has 1 fully saturated rings. The predicted molar refractivity (Wildman–Crippen MR) is 81.1 cm³/mol. The molecule has 0 unspecified atom stereocenters. The van der Waals surface area contributed by atoms with Crippen LogP contribution in [0.25, 0.3) is 5.57 Å². The summed E-state index contributed by atoms with van der Waals surface area (Å²) < 4.78 is 0. The zero-order chi connectivity index (χ0) is 14.6. The Labute approximate surface area is 120 Å². The number of carbonyl (C=O) groups is 1. The molecule has 1 aromatic carbocycles. The number of likely N-dealkylation sites (N-methyl/N-ethyl adjacent to an activating group) is 1. The van der Waals surface area contributed by atoms with E-state index in [0.717, 1.165) is 36.8 Å². The van der Waals surface area contributed by atoms with Gasteiger partial charge < -0.3 is 10.0 Å². The largest absolute Gasteiger partial charge is 0.388 e. The molecule has 1 N–H and O–H groups in total. The molecule has 0 spiro atoms. The van der Waals surface area contributed by atoms with E-state index >= 15 is 0 Å². The highest BCUT2D eigenvalue weighted by molar-refractivity contribution is 5.94. The highest BCUT2D eigenvalue weighted by Crippen LogP contribution is 2.30. The molecule has 108 valence electrons. The molecule has 0 aromatic heterocycles. The van der Waals surface area contributed by atoms with Crippen molar-refractivity contribution in [2.45, 2.75) is 38.2 Å². The van der Waals surface area contributed by atoms with Crippen LogP contribution in [0.2, 0.25) is 0 Å². The SMILES string of the molecule is C/C(=C/C(=O)N(C)CC1(O)CCCC1)c1ccccc1. The standard InChI is InChI=1S/C17H23NO2/c1-14(15-8-4-3-5-9-15)12-16(19)18(2)13-17(20)10-6-7-11-17/h3-5,8-9,12,20H,6-7,10-11,13H2,1-2H3/b14-12-. The Bertz CT molecular complexity index is 487. The van der Waals surface area contributed by atoms with Gasteiger partial charge in [0.2, 0.25) is 5.91 Å². The molecule has 1 aromatic rings. The van der Waals surface area contributed by atoms with Gasteiger partial charge in [0.25, 0.3) is 0 Å². The summed E-state index contributed by atoms with van der Waals surface area (Å²) in [4.78, 5) is 13.8. The van der Waals surface area contributed by atoms with Crippen LogP contribution in [-0.4, -0.2) is 35.1 Å². The fourth-order valence-electron chi connectivity index (χ4n) is 2.79. The topological polar surface area (TPSA) is 40.5 Å². The van der Waals surface area contributed by atoms with Crippen molar-refractivity contribution in [2.75, 3.05) is 13.6 Å². The van der Waals surface area contributed by atoms with E-state index in [-0.39, 0.29) is 5.91 Å². The zero-order valence-electron chi connectivity index (χ0n) is 12.3. The van der Waals surface area contributed by atoms with Gasteiger partial charge in [-0.25, -0.2) is 0 Å². The molecule has 3 nitrogen and oxygen atoms in total. The number of hydrogen-bond donors (Lipinski definition) is 1. The summed E-state index contributed by atoms with van der Waals surface area (Å²) in [5.41, 5.74) is 1.31. The Balaban J connectivity index is 2.00. The normalized spacial score (nSPS) is 18.1. The predicted octanol–water partition coefficient (Wildman–Crippen LogP) is 2.85. The van der Waals surface area contributed by atoms with E-state index in [1.807, 2.05) is 37.3 Å². The van der Waals surface area contributed by atoms with Gasteiger partial charge in [-0.2, -0.15) is 0 Å². The molecule has 2 rings (SSSR count). The van der Waals surface area contributed by atoms with E-state index < -0.39 is 5.60 Å². The first-order chi connectivity index (χ1) is 9.50. The molecule has 0 atom stereocenters. The highest BCUT2D eigenvalue weighted by atomic mass is 16.3. The summed E-state index contributed by atoms with van der Waals surface area (Å²) >= 11 is 0. The number of allylic oxidation sites excluding steroid dienone is 1. The second kappa shape index (κ2) is 6.23. The Morgan fingerprint density at radius 3 is 2.50 bits per heavy atom. The second-order valence-corrected chi connectivity index (χ2v) is 5.82. The lowest BCUT2D eigenvalue weighted by molar-refractivity contribution is -0.127. The zero-order valence-corrected chi connectivity index (χ0v) is 12.3. The van der Waals surface area contributed by atoms with E-state index in [9.17, 15) is 9.90 Å². The molecular weight excluding hydrogens is 250 g/mol. The molecular formula is C17H23NO2. The van der Waals surface area contributed by atoms with Crippen LogP contribution in [0.4, 0.5) is 0 Å². The molecule has 1 saturated carbocycles. The van der Waals surface area contributed by atoms with Gasteiger partial charge in [0.15, 0.2) is 0 Å². The van der Waals surface area contributed by atoms with Crippen LogP contribution < -0.4 is 0 Å². The van der Waals surface area contributed by atoms with Crippen molar-refractivity contribution in [3.05, 3.63) is 42.0 Å². The highest BCUT2D eigenvalue weighted by Gasteiger charge is 2.33. The van der Waals surface area contributed by atoms with Crippen molar-refractivity contribution < 1.29 is 9.90 Å². The molecule has 0 radical (unpaired) electrons. The number of nitrogens with zero attached hydrogens (tertiary/aromatic N) is 1. The third-order valence-corrected chi connectivity index (χ3v) is 4.01. The maximum Gasteiger partial charge on any atom is 0.246 e. The van der Waals surface area contributed by atoms with Gasteiger partial charge >= 0.3 is 0 Å². The average molecular weight is 273 g/mol. The summed E-state index contributed by atoms with van der Waals surface area (Å²) in [5, 5.41) is 10.3. The number of carbonyl (C=O) groups excluding carboxylic acids is 1. The number of hydrogen-bond acceptors (Lipinski definition) is 2. The van der Waals surface area contributed by atoms with Crippen molar-refractivity contribution in [3.63, 3.8) is 0 Å². The quantitative estimate of drug-likeness (QED) is 0.857. The number of amides is 1. The van der Waals surface area contributed by atoms with E-state index in [0.29, 0.717) is 6.54 Å². The molecule has 20 heavy (non-hydrogen) atoms. The van der Waals surface area contributed by atoms with E-state index in [1.165, 1.54) is 0 Å². The van der Waals surface area contributed by atoms with Gasteiger partial charge in [0.05, 0.1) is 5.60 Å². The molecule has 1 aliphatic rings. The smallest absolute Gasteiger partial charge is 0.246 e. The average Bonchev–Trinajstić information content (AvgIpc) is 2.86. The fraction of sp³-hybridized carbons (Fsp3) is 0.471. The summed E-state index contributed by atoms with van der Waals surface area (Å²) in [6, 6.07) is 9.86. The minimum absolute atomic E-state index is 0.0494. The molecule has 1 amide bonds. The van der Waals surface area contributed by atoms with Crippen LogP contribution in [-0.2, 0) is 4.79 Å². The monoisotopic (exact) mass is 273 g/mol. The van der Waals surface area contributed by atoms with Gasteiger partial charge in [0.1, 0.15) is 0 Å². The maximum atomic E-state index is 12.2. The molecule has 0 aliphatic heterocycles. The van der Waals surface area contributed by atoms with Crippen molar-refractivity contribution in [1.29, 1.82) is 0 Å². The molecule has 0 bridgehead atoms. The van der Waals surface area contributed by atoms with Crippen LogP contribution in [0.5, 0.6) is 0 Å². The minimum Gasteiger partial charge on any atom is -0.388 e. The van der Waals surface area contributed by atoms with Crippen molar-refractivity contribution >= 4 is 11.5 Å². The second-order valence-electron chi connectivity index (χ2n) is 5.82. The lowest BCUT2D eigenvalue weighted by Gasteiger charge is -2.28. The third-order valence-electron chi connectivity index (χ3n) is 4.01. The van der Waals surface area contributed by atoms with E-state index in [4.69, 9.17) is 0 Å². The lowest BCUT2D eigenvalue weighted by atomic mass is 10.0. The van der Waals surface area contributed by atoms with Gasteiger partial charge in [-0.05, 0) is 30.9 Å². The van der Waals surface area contributed by atoms with Crippen molar-refractivity contribution in [1.82, 2.24) is 4.90 Å². The summed E-state index contributed by atoms with van der Waals surface area (Å²) in [6.07, 6.45) is 5.35. The molecule has 0 saturated heterocycles. The van der Waals surface area contributed by atoms with Gasteiger partial charge in [0, 0.05) is 19.7 Å². The van der Waals surface area contributed by atoms with Gasteiger partial charge in [-0.3, -0.25) is 4.79 Å². The molecule has 3 heteroatoms. The Hall–Kier alpha value is -1.61. The Morgan fingerprint density at radius 2 is 1.90 bits per heavy atom. The first kappa shape index (κ1) is 14.8. The van der Waals surface area contributed by atoms with Crippen LogP contribution in [0, 0.1) is 0 Å². The number of benzene rings is 1. The van der Waals surface area contributed by atoms with E-state index in [2.05, 4.69) is 0 Å². The first-order valence-corrected chi connectivity index (χ1v) is 7.21. The summed E-state index contributed by atoms with van der Waals surface area (Å²) in [6.45, 7) is 2.36. The Morgan fingerprint density at radius 1 is 1.30 bits per heavy atom. The summed E-state index contributed by atoms with van der Waals surface area (Å²) in [5.74, 6) is -0.0494. The van der Waals surface area contributed by atoms with Crippen LogP contribution >= 0.6 is 0 Å². The molecule has 0 heterocycles. The maximum absolute atomic E-state index is 12.2. The van der Waals surface area contributed by atoms with Crippen molar-refractivity contribution in [3.8, 4) is 0 Å². The van der Waals surface area contributed by atoms with Gasteiger partial charge in [-0.1, -0.05) is 43.2 Å². The Kier molecular flexibility index (Phi) is 4.61.